The van der Waals surface area contributed by atoms with Gasteiger partial charge in [-0.05, 0) is 23.7 Å². The van der Waals surface area contributed by atoms with E-state index in [0.29, 0.717) is 5.75 Å². The summed E-state index contributed by atoms with van der Waals surface area (Å²) in [7, 11) is 0. The maximum Gasteiger partial charge on any atom is 0.267 e. The number of benzene rings is 2. The number of hydrogen-bond acceptors (Lipinski definition) is 2. The van der Waals surface area contributed by atoms with E-state index in [1.165, 1.54) is 0 Å². The van der Waals surface area contributed by atoms with E-state index in [1.807, 2.05) is 48.5 Å². The van der Waals surface area contributed by atoms with Crippen molar-refractivity contribution in [2.45, 2.75) is 6.10 Å². The Bertz CT molecular complexity index is 482. The molecule has 1 atom stereocenters. The molecule has 0 aliphatic heterocycles. The number of halogens is 1. The number of rotatable bonds is 4. The van der Waals surface area contributed by atoms with Crippen molar-refractivity contribution in [2.75, 3.05) is 0 Å². The summed E-state index contributed by atoms with van der Waals surface area (Å²) in [5.41, 5.74) is 0.747. The van der Waals surface area contributed by atoms with Crippen LogP contribution in [0.4, 0.5) is 0 Å². The predicted octanol–water partition coefficient (Wildman–Crippen LogP) is 3.57. The lowest BCUT2D eigenvalue weighted by molar-refractivity contribution is -0.118. The number of hydrogen-bond donors (Lipinski definition) is 0. The summed E-state index contributed by atoms with van der Waals surface area (Å²) in [5, 5.41) is -0.528. The highest BCUT2D eigenvalue weighted by atomic mass is 35.5. The van der Waals surface area contributed by atoms with Gasteiger partial charge in [-0.15, -0.1) is 0 Å². The quantitative estimate of drug-likeness (QED) is 0.771. The summed E-state index contributed by atoms with van der Waals surface area (Å²) in [4.78, 5) is 11.4. The Morgan fingerprint density at radius 1 is 0.941 bits per heavy atom. The van der Waals surface area contributed by atoms with Crippen LogP contribution in [-0.4, -0.2) is 5.24 Å². The van der Waals surface area contributed by atoms with Crippen LogP contribution in [0.5, 0.6) is 5.75 Å². The van der Waals surface area contributed by atoms with Crippen LogP contribution in [0.25, 0.3) is 0 Å². The second kappa shape index (κ2) is 5.51. The molecule has 2 aromatic carbocycles. The standard InChI is InChI=1S/C14H11ClO2/c15-14(16)13(11-7-3-1-4-8-11)17-12-9-5-2-6-10-12/h1-10,13H. The smallest absolute Gasteiger partial charge is 0.267 e. The number of carbonyl (C=O) groups is 1. The average molecular weight is 247 g/mol. The van der Waals surface area contributed by atoms with Crippen LogP contribution in [0.1, 0.15) is 11.7 Å². The van der Waals surface area contributed by atoms with Gasteiger partial charge >= 0.3 is 0 Å². The lowest BCUT2D eigenvalue weighted by Crippen LogP contribution is -2.14. The largest absolute Gasteiger partial charge is 0.477 e. The van der Waals surface area contributed by atoms with Gasteiger partial charge < -0.3 is 4.74 Å². The molecule has 2 nitrogen and oxygen atoms in total. The first kappa shape index (κ1) is 11.7. The second-order valence-corrected chi connectivity index (χ2v) is 3.90. The normalized spacial score (nSPS) is 11.8. The van der Waals surface area contributed by atoms with Crippen molar-refractivity contribution in [1.29, 1.82) is 0 Å². The van der Waals surface area contributed by atoms with Crippen LogP contribution in [0.3, 0.4) is 0 Å². The predicted molar refractivity (Wildman–Crippen MR) is 67.1 cm³/mol. The molecule has 0 spiro atoms. The SMILES string of the molecule is O=C(Cl)C(Oc1ccccc1)c1ccccc1. The molecule has 0 aliphatic carbocycles. The first-order chi connectivity index (χ1) is 8.27. The van der Waals surface area contributed by atoms with E-state index in [0.717, 1.165) is 5.56 Å². The van der Waals surface area contributed by atoms with Crippen molar-refractivity contribution in [2.24, 2.45) is 0 Å². The van der Waals surface area contributed by atoms with E-state index < -0.39 is 11.3 Å². The monoisotopic (exact) mass is 246 g/mol. The van der Waals surface area contributed by atoms with E-state index in [9.17, 15) is 4.79 Å². The summed E-state index contributed by atoms with van der Waals surface area (Å²) in [5.74, 6) is 0.621. The van der Waals surface area contributed by atoms with Gasteiger partial charge in [0.15, 0.2) is 6.10 Å². The van der Waals surface area contributed by atoms with Crippen molar-refractivity contribution in [3.63, 3.8) is 0 Å². The summed E-state index contributed by atoms with van der Waals surface area (Å²) in [6.07, 6.45) is -0.764. The van der Waals surface area contributed by atoms with Crippen LogP contribution in [0.15, 0.2) is 60.7 Å². The molecule has 2 aromatic rings. The number of para-hydroxylation sites is 1. The first-order valence-electron chi connectivity index (χ1n) is 5.23. The van der Waals surface area contributed by atoms with Gasteiger partial charge in [0.05, 0.1) is 0 Å². The maximum absolute atomic E-state index is 11.4. The molecule has 0 heterocycles. The number of carbonyl (C=O) groups excluding carboxylic acids is 1. The summed E-state index contributed by atoms with van der Waals surface area (Å²) >= 11 is 5.56. The van der Waals surface area contributed by atoms with Crippen LogP contribution in [0.2, 0.25) is 0 Å². The molecule has 0 fully saturated rings. The fraction of sp³-hybridized carbons (Fsp3) is 0.0714. The van der Waals surface area contributed by atoms with Gasteiger partial charge in [-0.3, -0.25) is 4.79 Å². The van der Waals surface area contributed by atoms with Crippen molar-refractivity contribution < 1.29 is 9.53 Å². The zero-order valence-corrected chi connectivity index (χ0v) is 9.80. The van der Waals surface area contributed by atoms with E-state index in [4.69, 9.17) is 16.3 Å². The van der Waals surface area contributed by atoms with Gasteiger partial charge in [-0.25, -0.2) is 0 Å². The van der Waals surface area contributed by atoms with E-state index in [1.54, 1.807) is 12.1 Å². The zero-order chi connectivity index (χ0) is 12.1. The fourth-order valence-electron chi connectivity index (χ4n) is 1.51. The minimum atomic E-state index is -0.764. The lowest BCUT2D eigenvalue weighted by Gasteiger charge is -2.15. The zero-order valence-electron chi connectivity index (χ0n) is 9.05. The first-order valence-corrected chi connectivity index (χ1v) is 5.61. The summed E-state index contributed by atoms with van der Waals surface area (Å²) in [6, 6.07) is 18.3. The van der Waals surface area contributed by atoms with Crippen molar-refractivity contribution in [1.82, 2.24) is 0 Å². The van der Waals surface area contributed by atoms with E-state index in [2.05, 4.69) is 0 Å². The summed E-state index contributed by atoms with van der Waals surface area (Å²) < 4.78 is 5.58. The van der Waals surface area contributed by atoms with Gasteiger partial charge in [-0.2, -0.15) is 0 Å². The van der Waals surface area contributed by atoms with Crippen LogP contribution < -0.4 is 4.74 Å². The Labute approximate surface area is 105 Å². The minimum Gasteiger partial charge on any atom is -0.477 e. The van der Waals surface area contributed by atoms with Gasteiger partial charge in [0, 0.05) is 5.56 Å². The highest BCUT2D eigenvalue weighted by molar-refractivity contribution is 6.64. The molecule has 2 rings (SSSR count). The molecule has 17 heavy (non-hydrogen) atoms. The Kier molecular flexibility index (Phi) is 3.78. The molecule has 0 saturated heterocycles. The highest BCUT2D eigenvalue weighted by Gasteiger charge is 2.20. The molecule has 0 amide bonds. The minimum absolute atomic E-state index is 0.528. The van der Waals surface area contributed by atoms with Crippen LogP contribution >= 0.6 is 11.6 Å². The van der Waals surface area contributed by atoms with Gasteiger partial charge in [0.1, 0.15) is 5.75 Å². The molecule has 3 heteroatoms. The molecule has 0 saturated carbocycles. The topological polar surface area (TPSA) is 26.3 Å². The molecule has 0 aliphatic rings. The Hall–Kier alpha value is -1.80. The lowest BCUT2D eigenvalue weighted by atomic mass is 10.1. The third-order valence-electron chi connectivity index (χ3n) is 2.31. The van der Waals surface area contributed by atoms with E-state index >= 15 is 0 Å². The van der Waals surface area contributed by atoms with Crippen LogP contribution in [-0.2, 0) is 4.79 Å². The van der Waals surface area contributed by atoms with E-state index in [-0.39, 0.29) is 0 Å². The summed E-state index contributed by atoms with van der Waals surface area (Å²) in [6.45, 7) is 0. The Morgan fingerprint density at radius 3 is 2.00 bits per heavy atom. The molecule has 0 bridgehead atoms. The van der Waals surface area contributed by atoms with Crippen molar-refractivity contribution >= 4 is 16.8 Å². The third kappa shape index (κ3) is 3.08. The Morgan fingerprint density at radius 2 is 1.47 bits per heavy atom. The molecule has 0 aromatic heterocycles. The maximum atomic E-state index is 11.4. The number of ether oxygens (including phenoxy) is 1. The van der Waals surface area contributed by atoms with Crippen molar-refractivity contribution in [3.8, 4) is 5.75 Å². The molecule has 1 unspecified atom stereocenters. The second-order valence-electron chi connectivity index (χ2n) is 3.53. The molecule has 86 valence electrons. The molecular weight excluding hydrogens is 236 g/mol. The average Bonchev–Trinajstić information content (AvgIpc) is 2.38. The molecule has 0 N–H and O–H groups in total. The van der Waals surface area contributed by atoms with Gasteiger partial charge in [0.25, 0.3) is 5.24 Å². The van der Waals surface area contributed by atoms with Gasteiger partial charge in [0.2, 0.25) is 0 Å². The fourth-order valence-corrected chi connectivity index (χ4v) is 1.68. The molecular formula is C14H11ClO2. The van der Waals surface area contributed by atoms with Gasteiger partial charge in [-0.1, -0.05) is 48.5 Å². The highest BCUT2D eigenvalue weighted by Crippen LogP contribution is 2.23. The Balaban J connectivity index is 2.23. The third-order valence-corrected chi connectivity index (χ3v) is 2.50. The van der Waals surface area contributed by atoms with Crippen molar-refractivity contribution in [3.05, 3.63) is 66.2 Å². The van der Waals surface area contributed by atoms with Crippen LogP contribution in [0, 0.1) is 0 Å². The molecule has 0 radical (unpaired) electrons.